The van der Waals surface area contributed by atoms with Crippen LogP contribution >= 0.6 is 0 Å². The van der Waals surface area contributed by atoms with Crippen LogP contribution in [0.25, 0.3) is 0 Å². The van der Waals surface area contributed by atoms with Crippen LogP contribution < -0.4 is 10.1 Å². The van der Waals surface area contributed by atoms with E-state index in [0.717, 1.165) is 16.9 Å². The van der Waals surface area contributed by atoms with E-state index in [2.05, 4.69) is 27.4 Å². The van der Waals surface area contributed by atoms with Crippen molar-refractivity contribution < 1.29 is 4.74 Å². The highest BCUT2D eigenvalue weighted by Crippen LogP contribution is 2.20. The molecule has 0 aliphatic rings. The van der Waals surface area contributed by atoms with Crippen molar-refractivity contribution in [2.24, 2.45) is 0 Å². The molecular weight excluding hydrogens is 216 g/mol. The topological polar surface area (TPSA) is 62.8 Å². The SMILES string of the molecule is COc1ccc(N[C@@H](C)c2cn[nH]c2C)cn1. The van der Waals surface area contributed by atoms with Gasteiger partial charge >= 0.3 is 0 Å². The highest BCUT2D eigenvalue weighted by Gasteiger charge is 2.09. The van der Waals surface area contributed by atoms with Crippen LogP contribution in [0, 0.1) is 6.92 Å². The first-order valence-electron chi connectivity index (χ1n) is 5.47. The summed E-state index contributed by atoms with van der Waals surface area (Å²) >= 11 is 0. The molecule has 1 atom stereocenters. The Morgan fingerprint density at radius 2 is 2.18 bits per heavy atom. The van der Waals surface area contributed by atoms with Gasteiger partial charge in [0.2, 0.25) is 5.88 Å². The molecule has 2 aromatic rings. The average molecular weight is 232 g/mol. The van der Waals surface area contributed by atoms with Gasteiger partial charge in [0, 0.05) is 17.3 Å². The number of hydrogen-bond donors (Lipinski definition) is 2. The van der Waals surface area contributed by atoms with E-state index in [-0.39, 0.29) is 6.04 Å². The lowest BCUT2D eigenvalue weighted by Gasteiger charge is -2.14. The highest BCUT2D eigenvalue weighted by atomic mass is 16.5. The number of nitrogens with one attached hydrogen (secondary N) is 2. The van der Waals surface area contributed by atoms with Gasteiger partial charge in [-0.15, -0.1) is 0 Å². The lowest BCUT2D eigenvalue weighted by molar-refractivity contribution is 0.398. The van der Waals surface area contributed by atoms with Crippen molar-refractivity contribution >= 4 is 5.69 Å². The summed E-state index contributed by atoms with van der Waals surface area (Å²) in [6.45, 7) is 4.09. The predicted molar refractivity (Wildman–Crippen MR) is 66.2 cm³/mol. The molecule has 0 aliphatic heterocycles. The number of aromatic nitrogens is 3. The number of hydrogen-bond acceptors (Lipinski definition) is 4. The van der Waals surface area contributed by atoms with E-state index >= 15 is 0 Å². The molecule has 0 fully saturated rings. The molecule has 0 aromatic carbocycles. The van der Waals surface area contributed by atoms with E-state index in [4.69, 9.17) is 4.74 Å². The molecule has 0 unspecified atom stereocenters. The fourth-order valence-corrected chi connectivity index (χ4v) is 1.71. The summed E-state index contributed by atoms with van der Waals surface area (Å²) in [5, 5.41) is 10.3. The van der Waals surface area contributed by atoms with Crippen LogP contribution in [0.3, 0.4) is 0 Å². The molecule has 90 valence electrons. The molecule has 2 rings (SSSR count). The zero-order valence-corrected chi connectivity index (χ0v) is 10.2. The summed E-state index contributed by atoms with van der Waals surface area (Å²) in [4.78, 5) is 4.15. The summed E-state index contributed by atoms with van der Waals surface area (Å²) < 4.78 is 5.01. The summed E-state index contributed by atoms with van der Waals surface area (Å²) in [7, 11) is 1.60. The van der Waals surface area contributed by atoms with Crippen LogP contribution in [0.15, 0.2) is 24.5 Å². The Bertz CT molecular complexity index is 478. The molecule has 0 saturated heterocycles. The second-order valence-electron chi connectivity index (χ2n) is 3.91. The lowest BCUT2D eigenvalue weighted by atomic mass is 10.1. The van der Waals surface area contributed by atoms with Gasteiger partial charge in [0.05, 0.1) is 31.2 Å². The van der Waals surface area contributed by atoms with Crippen molar-refractivity contribution in [3.05, 3.63) is 35.8 Å². The molecule has 17 heavy (non-hydrogen) atoms. The van der Waals surface area contributed by atoms with Gasteiger partial charge in [-0.3, -0.25) is 5.10 Å². The molecule has 2 N–H and O–H groups in total. The molecule has 0 radical (unpaired) electrons. The monoisotopic (exact) mass is 232 g/mol. The van der Waals surface area contributed by atoms with Crippen molar-refractivity contribution in [1.29, 1.82) is 0 Å². The van der Waals surface area contributed by atoms with Crippen molar-refractivity contribution in [2.75, 3.05) is 12.4 Å². The zero-order chi connectivity index (χ0) is 12.3. The number of anilines is 1. The van der Waals surface area contributed by atoms with Gasteiger partial charge in [-0.1, -0.05) is 0 Å². The third kappa shape index (κ3) is 2.55. The van der Waals surface area contributed by atoms with Crippen LogP contribution in [-0.4, -0.2) is 22.3 Å². The van der Waals surface area contributed by atoms with Crippen molar-refractivity contribution in [2.45, 2.75) is 19.9 Å². The molecule has 0 amide bonds. The molecule has 2 aromatic heterocycles. The van der Waals surface area contributed by atoms with Gasteiger partial charge in [0.25, 0.3) is 0 Å². The summed E-state index contributed by atoms with van der Waals surface area (Å²) in [6.07, 6.45) is 3.59. The van der Waals surface area contributed by atoms with E-state index in [0.29, 0.717) is 5.88 Å². The third-order valence-electron chi connectivity index (χ3n) is 2.66. The predicted octanol–water partition coefficient (Wildman–Crippen LogP) is 2.29. The van der Waals surface area contributed by atoms with Crippen molar-refractivity contribution in [3.63, 3.8) is 0 Å². The maximum absolute atomic E-state index is 5.01. The van der Waals surface area contributed by atoms with Gasteiger partial charge in [-0.05, 0) is 19.9 Å². The lowest BCUT2D eigenvalue weighted by Crippen LogP contribution is -2.07. The first kappa shape index (κ1) is 11.4. The first-order chi connectivity index (χ1) is 8.20. The fraction of sp³-hybridized carbons (Fsp3) is 0.333. The van der Waals surface area contributed by atoms with Crippen LogP contribution in [0.2, 0.25) is 0 Å². The maximum Gasteiger partial charge on any atom is 0.213 e. The van der Waals surface area contributed by atoms with Gasteiger partial charge in [-0.25, -0.2) is 4.98 Å². The Morgan fingerprint density at radius 3 is 2.71 bits per heavy atom. The van der Waals surface area contributed by atoms with Crippen molar-refractivity contribution in [3.8, 4) is 5.88 Å². The maximum atomic E-state index is 5.01. The number of pyridine rings is 1. The van der Waals surface area contributed by atoms with Gasteiger partial charge < -0.3 is 10.1 Å². The van der Waals surface area contributed by atoms with Crippen LogP contribution in [-0.2, 0) is 0 Å². The number of ether oxygens (including phenoxy) is 1. The third-order valence-corrected chi connectivity index (χ3v) is 2.66. The van der Waals surface area contributed by atoms with Gasteiger partial charge in [0.1, 0.15) is 0 Å². The number of H-pyrrole nitrogens is 1. The molecule has 2 heterocycles. The smallest absolute Gasteiger partial charge is 0.213 e. The van der Waals surface area contributed by atoms with Crippen LogP contribution in [0.4, 0.5) is 5.69 Å². The average Bonchev–Trinajstić information content (AvgIpc) is 2.76. The standard InChI is InChI=1S/C12H16N4O/c1-8(11-7-14-16-9(11)2)15-10-4-5-12(17-3)13-6-10/h4-8,15H,1-3H3,(H,14,16)/t8-/m0/s1. The minimum absolute atomic E-state index is 0.184. The molecule has 0 spiro atoms. The molecule has 5 heteroatoms. The molecule has 0 bridgehead atoms. The van der Waals surface area contributed by atoms with E-state index in [1.54, 1.807) is 13.3 Å². The quantitative estimate of drug-likeness (QED) is 0.849. The molecule has 0 saturated carbocycles. The summed E-state index contributed by atoms with van der Waals surface area (Å²) in [5.41, 5.74) is 3.19. The molecular formula is C12H16N4O. The summed E-state index contributed by atoms with van der Waals surface area (Å²) in [6, 6.07) is 3.96. The number of nitrogens with zero attached hydrogens (tertiary/aromatic N) is 2. The Morgan fingerprint density at radius 1 is 1.35 bits per heavy atom. The van der Waals surface area contributed by atoms with E-state index in [1.807, 2.05) is 25.3 Å². The number of aromatic amines is 1. The number of aryl methyl sites for hydroxylation is 1. The Balaban J connectivity index is 2.07. The first-order valence-corrected chi connectivity index (χ1v) is 5.47. The molecule has 0 aliphatic carbocycles. The minimum atomic E-state index is 0.184. The highest BCUT2D eigenvalue weighted by molar-refractivity contribution is 5.44. The Labute approximate surface area is 100 Å². The Hall–Kier alpha value is -2.04. The fourth-order valence-electron chi connectivity index (χ4n) is 1.71. The molecule has 5 nitrogen and oxygen atoms in total. The van der Waals surface area contributed by atoms with Gasteiger partial charge in [-0.2, -0.15) is 5.10 Å². The minimum Gasteiger partial charge on any atom is -0.481 e. The summed E-state index contributed by atoms with van der Waals surface area (Å²) in [5.74, 6) is 0.614. The number of rotatable bonds is 4. The zero-order valence-electron chi connectivity index (χ0n) is 10.2. The second-order valence-corrected chi connectivity index (χ2v) is 3.91. The normalized spacial score (nSPS) is 12.2. The number of methoxy groups -OCH3 is 1. The van der Waals surface area contributed by atoms with Gasteiger partial charge in [0.15, 0.2) is 0 Å². The van der Waals surface area contributed by atoms with E-state index in [1.165, 1.54) is 0 Å². The second kappa shape index (κ2) is 4.86. The Kier molecular flexibility index (Phi) is 3.27. The van der Waals surface area contributed by atoms with E-state index < -0.39 is 0 Å². The van der Waals surface area contributed by atoms with Crippen LogP contribution in [0.5, 0.6) is 5.88 Å². The van der Waals surface area contributed by atoms with Crippen LogP contribution in [0.1, 0.15) is 24.2 Å². The largest absolute Gasteiger partial charge is 0.481 e. The van der Waals surface area contributed by atoms with E-state index in [9.17, 15) is 0 Å². The van der Waals surface area contributed by atoms with Crippen molar-refractivity contribution in [1.82, 2.24) is 15.2 Å².